The number of rotatable bonds is 3. The average Bonchev–Trinajstić information content (AvgIpc) is 2.69. The number of hydrogen-bond donors (Lipinski definition) is 0. The van der Waals surface area contributed by atoms with E-state index >= 15 is 0 Å². The first-order valence-corrected chi connectivity index (χ1v) is 8.95. The lowest BCUT2D eigenvalue weighted by Crippen LogP contribution is -2.21. The molecule has 0 saturated heterocycles. The van der Waals surface area contributed by atoms with E-state index in [0.717, 1.165) is 16.8 Å². The maximum absolute atomic E-state index is 14.0. The third-order valence-corrected chi connectivity index (χ3v) is 4.66. The van der Waals surface area contributed by atoms with E-state index in [1.165, 1.54) is 6.20 Å². The number of carbonyl (C=O) groups excluding carboxylic acids is 1. The number of pyridine rings is 2. The molecule has 0 unspecified atom stereocenters. The molecule has 7 heteroatoms. The van der Waals surface area contributed by atoms with Crippen molar-refractivity contribution in [3.63, 3.8) is 0 Å². The highest BCUT2D eigenvalue weighted by atomic mass is 35.5. The van der Waals surface area contributed by atoms with Crippen molar-refractivity contribution in [2.24, 2.45) is 0 Å². The normalized spacial score (nSPS) is 11.1. The molecule has 0 atom stereocenters. The molecule has 2 aromatic heterocycles. The van der Waals surface area contributed by atoms with Crippen molar-refractivity contribution in [2.45, 2.75) is 6.92 Å². The summed E-state index contributed by atoms with van der Waals surface area (Å²) in [6, 6.07) is 14.3. The van der Waals surface area contributed by atoms with E-state index in [-0.39, 0.29) is 28.4 Å². The first-order chi connectivity index (χ1) is 13.5. The molecule has 0 bridgehead atoms. The van der Waals surface area contributed by atoms with Gasteiger partial charge in [0.2, 0.25) is 5.43 Å². The van der Waals surface area contributed by atoms with Gasteiger partial charge in [0.1, 0.15) is 11.2 Å². The summed E-state index contributed by atoms with van der Waals surface area (Å²) in [7, 11) is 0. The zero-order chi connectivity index (χ0) is 19.8. The van der Waals surface area contributed by atoms with Gasteiger partial charge in [-0.1, -0.05) is 41.9 Å². The van der Waals surface area contributed by atoms with E-state index in [2.05, 4.69) is 4.98 Å². The van der Waals surface area contributed by atoms with Crippen molar-refractivity contribution in [3.8, 4) is 5.69 Å². The zero-order valence-corrected chi connectivity index (χ0v) is 15.5. The summed E-state index contributed by atoms with van der Waals surface area (Å²) < 4.78 is 20.5. The van der Waals surface area contributed by atoms with Crippen LogP contribution < -0.4 is 5.43 Å². The molecule has 140 valence electrons. The second kappa shape index (κ2) is 7.05. The van der Waals surface area contributed by atoms with Gasteiger partial charge in [-0.05, 0) is 35.9 Å². The Morgan fingerprint density at radius 2 is 1.93 bits per heavy atom. The van der Waals surface area contributed by atoms with Gasteiger partial charge in [0.05, 0.1) is 12.0 Å². The van der Waals surface area contributed by atoms with Gasteiger partial charge in [0.15, 0.2) is 11.0 Å². The maximum atomic E-state index is 14.0. The average molecular weight is 397 g/mol. The summed E-state index contributed by atoms with van der Waals surface area (Å²) in [4.78, 5) is 29.1. The first kappa shape index (κ1) is 18.1. The van der Waals surface area contributed by atoms with Crippen molar-refractivity contribution in [3.05, 3.63) is 81.5 Å². The lowest BCUT2D eigenvalue weighted by atomic mass is 10.1. The number of carbonyl (C=O) groups is 1. The van der Waals surface area contributed by atoms with E-state index in [1.807, 2.05) is 42.5 Å². The predicted octanol–water partition coefficient (Wildman–Crippen LogP) is 4.51. The van der Waals surface area contributed by atoms with Crippen molar-refractivity contribution in [1.82, 2.24) is 9.55 Å². The Labute approximate surface area is 164 Å². The lowest BCUT2D eigenvalue weighted by molar-refractivity contribution is 0.0524. The molecule has 2 heterocycles. The van der Waals surface area contributed by atoms with Crippen LogP contribution in [0.5, 0.6) is 0 Å². The highest BCUT2D eigenvalue weighted by molar-refractivity contribution is 6.29. The Morgan fingerprint density at radius 1 is 1.18 bits per heavy atom. The van der Waals surface area contributed by atoms with Crippen LogP contribution in [-0.4, -0.2) is 22.1 Å². The molecule has 4 rings (SSSR count). The van der Waals surface area contributed by atoms with Crippen molar-refractivity contribution < 1.29 is 13.9 Å². The Kier molecular flexibility index (Phi) is 4.57. The Bertz CT molecular complexity index is 1300. The third-order valence-electron chi connectivity index (χ3n) is 4.40. The number of halogens is 2. The van der Waals surface area contributed by atoms with Gasteiger partial charge < -0.3 is 9.30 Å². The van der Waals surface area contributed by atoms with Crippen molar-refractivity contribution >= 4 is 39.4 Å². The number of aromatic nitrogens is 2. The minimum atomic E-state index is -0.836. The summed E-state index contributed by atoms with van der Waals surface area (Å²) in [6.07, 6.45) is 1.36. The molecule has 0 N–H and O–H groups in total. The van der Waals surface area contributed by atoms with Gasteiger partial charge in [-0.15, -0.1) is 0 Å². The molecule has 0 radical (unpaired) electrons. The summed E-state index contributed by atoms with van der Waals surface area (Å²) >= 11 is 5.85. The van der Waals surface area contributed by atoms with Gasteiger partial charge in [-0.2, -0.15) is 0 Å². The minimum Gasteiger partial charge on any atom is -0.462 e. The van der Waals surface area contributed by atoms with Gasteiger partial charge in [-0.3, -0.25) is 4.79 Å². The standard InChI is InChI=1S/C21H14ClFN2O3/c1-2-28-21(27)16-11-25(14-8-7-12-5-3-4-6-13(12)9-14)20-15(18(16)26)10-17(23)19(22)24-20/h3-11H,2H2,1H3. The van der Waals surface area contributed by atoms with Crippen LogP contribution in [0.1, 0.15) is 17.3 Å². The molecular weight excluding hydrogens is 383 g/mol. The largest absolute Gasteiger partial charge is 0.462 e. The molecule has 0 saturated carbocycles. The number of benzene rings is 2. The van der Waals surface area contributed by atoms with E-state index in [4.69, 9.17) is 16.3 Å². The Hall–Kier alpha value is -3.25. The molecule has 0 spiro atoms. The zero-order valence-electron chi connectivity index (χ0n) is 14.8. The van der Waals surface area contributed by atoms with E-state index in [1.54, 1.807) is 11.5 Å². The van der Waals surface area contributed by atoms with Gasteiger partial charge in [0.25, 0.3) is 0 Å². The molecule has 2 aromatic carbocycles. The highest BCUT2D eigenvalue weighted by Gasteiger charge is 2.20. The molecule has 28 heavy (non-hydrogen) atoms. The number of hydrogen-bond acceptors (Lipinski definition) is 4. The van der Waals surface area contributed by atoms with Crippen LogP contribution in [0.15, 0.2) is 59.5 Å². The van der Waals surface area contributed by atoms with Crippen molar-refractivity contribution in [2.75, 3.05) is 6.61 Å². The quantitative estimate of drug-likeness (QED) is 0.377. The molecule has 4 aromatic rings. The summed E-state index contributed by atoms with van der Waals surface area (Å²) in [5.74, 6) is -1.61. The summed E-state index contributed by atoms with van der Waals surface area (Å²) in [6.45, 7) is 1.75. The highest BCUT2D eigenvalue weighted by Crippen LogP contribution is 2.24. The molecule has 0 fully saturated rings. The molecular formula is C21H14ClFN2O3. The van der Waals surface area contributed by atoms with Crippen LogP contribution in [-0.2, 0) is 4.74 Å². The molecule has 0 aliphatic rings. The monoisotopic (exact) mass is 396 g/mol. The minimum absolute atomic E-state index is 0.0550. The van der Waals surface area contributed by atoms with Gasteiger partial charge in [-0.25, -0.2) is 14.2 Å². The first-order valence-electron chi connectivity index (χ1n) is 8.57. The Morgan fingerprint density at radius 3 is 2.68 bits per heavy atom. The molecule has 5 nitrogen and oxygen atoms in total. The lowest BCUT2D eigenvalue weighted by Gasteiger charge is -2.14. The van der Waals surface area contributed by atoms with Crippen LogP contribution in [0.25, 0.3) is 27.5 Å². The summed E-state index contributed by atoms with van der Waals surface area (Å²) in [5.41, 5.74) is -0.0660. The maximum Gasteiger partial charge on any atom is 0.343 e. The second-order valence-corrected chi connectivity index (χ2v) is 6.48. The molecule has 0 aliphatic heterocycles. The molecule has 0 aliphatic carbocycles. The fourth-order valence-corrected chi connectivity index (χ4v) is 3.21. The fourth-order valence-electron chi connectivity index (χ4n) is 3.08. The smallest absolute Gasteiger partial charge is 0.343 e. The van der Waals surface area contributed by atoms with Crippen LogP contribution in [0.4, 0.5) is 4.39 Å². The van der Waals surface area contributed by atoms with Crippen LogP contribution >= 0.6 is 11.6 Å². The van der Waals surface area contributed by atoms with Crippen LogP contribution in [0.3, 0.4) is 0 Å². The Balaban J connectivity index is 2.07. The predicted molar refractivity (Wildman–Crippen MR) is 106 cm³/mol. The number of esters is 1. The fraction of sp³-hybridized carbons (Fsp3) is 0.0952. The third kappa shape index (κ3) is 3.01. The second-order valence-electron chi connectivity index (χ2n) is 6.13. The van der Waals surface area contributed by atoms with Gasteiger partial charge >= 0.3 is 5.97 Å². The molecule has 0 amide bonds. The van der Waals surface area contributed by atoms with E-state index in [0.29, 0.717) is 5.69 Å². The number of nitrogens with zero attached hydrogens (tertiary/aromatic N) is 2. The van der Waals surface area contributed by atoms with Crippen LogP contribution in [0.2, 0.25) is 5.15 Å². The van der Waals surface area contributed by atoms with Gasteiger partial charge in [0, 0.05) is 11.9 Å². The number of ether oxygens (including phenoxy) is 1. The topological polar surface area (TPSA) is 61.2 Å². The van der Waals surface area contributed by atoms with E-state index < -0.39 is 17.2 Å². The summed E-state index contributed by atoms with van der Waals surface area (Å²) in [5, 5.41) is 1.57. The van der Waals surface area contributed by atoms with Crippen molar-refractivity contribution in [1.29, 1.82) is 0 Å². The van der Waals surface area contributed by atoms with E-state index in [9.17, 15) is 14.0 Å². The SMILES string of the molecule is CCOC(=O)c1cn(-c2ccc3ccccc3c2)c2nc(Cl)c(F)cc2c1=O. The number of fused-ring (bicyclic) bond motifs is 2. The van der Waals surface area contributed by atoms with Crippen LogP contribution in [0, 0.1) is 5.82 Å².